The molecule has 142 valence electrons. The number of para-hydroxylation sites is 1. The van der Waals surface area contributed by atoms with Crippen LogP contribution in [0.1, 0.15) is 13.3 Å². The van der Waals surface area contributed by atoms with Crippen LogP contribution in [-0.2, 0) is 9.53 Å². The number of rotatable bonds is 3. The van der Waals surface area contributed by atoms with Crippen molar-refractivity contribution in [1.29, 1.82) is 0 Å². The number of nitrogens with one attached hydrogen (secondary N) is 1. The van der Waals surface area contributed by atoms with E-state index in [1.54, 1.807) is 18.2 Å². The maximum Gasteiger partial charge on any atom is 0.306 e. The highest BCUT2D eigenvalue weighted by molar-refractivity contribution is 6.31. The molecule has 6 nitrogen and oxygen atoms in total. The maximum atomic E-state index is 14.4. The molecule has 1 aliphatic heterocycles. The number of aliphatic imine (C=N–C) groups is 1. The Morgan fingerprint density at radius 2 is 2.22 bits per heavy atom. The van der Waals surface area contributed by atoms with E-state index in [2.05, 4.69) is 20.0 Å². The van der Waals surface area contributed by atoms with E-state index in [1.807, 2.05) is 6.07 Å². The van der Waals surface area contributed by atoms with Gasteiger partial charge in [-0.25, -0.2) is 13.8 Å². The molecule has 1 saturated carbocycles. The topological polar surface area (TPSA) is 89.6 Å². The van der Waals surface area contributed by atoms with Gasteiger partial charge in [-0.2, -0.15) is 0 Å². The molecule has 1 fully saturated rings. The minimum Gasteiger partial charge on any atom is -0.459 e. The zero-order chi connectivity index (χ0) is 19.4. The lowest BCUT2D eigenvalue weighted by Gasteiger charge is -2.37. The molecule has 3 atom stereocenters. The average molecular weight is 395 g/mol. The van der Waals surface area contributed by atoms with Gasteiger partial charge in [0.05, 0.1) is 16.2 Å². The second kappa shape index (κ2) is 6.02. The van der Waals surface area contributed by atoms with Gasteiger partial charge < -0.3 is 15.8 Å². The van der Waals surface area contributed by atoms with Crippen LogP contribution in [0.3, 0.4) is 0 Å². The van der Waals surface area contributed by atoms with Crippen molar-refractivity contribution >= 4 is 40.1 Å². The van der Waals surface area contributed by atoms with Gasteiger partial charge in [0.2, 0.25) is 5.91 Å². The zero-order valence-electron chi connectivity index (χ0n) is 14.4. The number of hydrogen-bond donors (Lipinski definition) is 2. The van der Waals surface area contributed by atoms with E-state index in [1.165, 1.54) is 13.1 Å². The van der Waals surface area contributed by atoms with Gasteiger partial charge in [-0.1, -0.05) is 23.7 Å². The first-order valence-corrected chi connectivity index (χ1v) is 8.80. The lowest BCUT2D eigenvalue weighted by atomic mass is 9.87. The molecule has 9 heteroatoms. The second-order valence-corrected chi connectivity index (χ2v) is 7.50. The quantitative estimate of drug-likeness (QED) is 0.836. The van der Waals surface area contributed by atoms with Gasteiger partial charge in [0.15, 0.2) is 6.61 Å². The lowest BCUT2D eigenvalue weighted by Crippen LogP contribution is -2.55. The number of amidine groups is 1. The highest BCUT2D eigenvalue weighted by Gasteiger charge is 2.66. The van der Waals surface area contributed by atoms with Gasteiger partial charge in [0, 0.05) is 23.4 Å². The molecule has 0 bridgehead atoms. The molecule has 4 rings (SSSR count). The first-order chi connectivity index (χ1) is 12.7. The summed E-state index contributed by atoms with van der Waals surface area (Å²) in [6.07, 6.45) is 1.79. The van der Waals surface area contributed by atoms with Crippen LogP contribution in [0.2, 0.25) is 5.02 Å². The van der Waals surface area contributed by atoms with Crippen molar-refractivity contribution in [3.8, 4) is 0 Å². The van der Waals surface area contributed by atoms with E-state index in [-0.39, 0.29) is 11.9 Å². The number of alkyl halides is 2. The Morgan fingerprint density at radius 3 is 3.00 bits per heavy atom. The van der Waals surface area contributed by atoms with Gasteiger partial charge in [0.25, 0.3) is 6.02 Å². The van der Waals surface area contributed by atoms with E-state index in [0.717, 1.165) is 5.39 Å². The fourth-order valence-electron chi connectivity index (χ4n) is 3.57. The number of carbonyl (C=O) groups is 1. The third kappa shape index (κ3) is 2.97. The summed E-state index contributed by atoms with van der Waals surface area (Å²) in [6.45, 7) is 0.486. The van der Waals surface area contributed by atoms with Crippen molar-refractivity contribution in [2.24, 2.45) is 22.6 Å². The normalized spacial score (nSPS) is 29.0. The summed E-state index contributed by atoms with van der Waals surface area (Å²) >= 11 is 5.94. The van der Waals surface area contributed by atoms with Crippen molar-refractivity contribution in [3.05, 3.63) is 35.5 Å². The predicted molar refractivity (Wildman–Crippen MR) is 97.9 cm³/mol. The fourth-order valence-corrected chi connectivity index (χ4v) is 3.74. The molecule has 0 saturated heterocycles. The highest BCUT2D eigenvalue weighted by atomic mass is 35.5. The Bertz CT molecular complexity index is 968. The largest absolute Gasteiger partial charge is 0.459 e. The summed E-state index contributed by atoms with van der Waals surface area (Å²) in [4.78, 5) is 20.7. The molecule has 1 aromatic carbocycles. The minimum absolute atomic E-state index is 0.274. The number of ether oxygens (including phenoxy) is 1. The summed E-state index contributed by atoms with van der Waals surface area (Å²) in [7, 11) is 0. The monoisotopic (exact) mass is 394 g/mol. The van der Waals surface area contributed by atoms with Crippen LogP contribution in [0.15, 0.2) is 35.5 Å². The Morgan fingerprint density at radius 1 is 1.44 bits per heavy atom. The number of aromatic nitrogens is 1. The molecule has 0 spiro atoms. The molecular formula is C18H17ClF2N4O2. The smallest absolute Gasteiger partial charge is 0.306 e. The number of nitrogens with zero attached hydrogens (tertiary/aromatic N) is 2. The van der Waals surface area contributed by atoms with Crippen LogP contribution in [-0.4, -0.2) is 35.0 Å². The van der Waals surface area contributed by atoms with Crippen LogP contribution in [0.5, 0.6) is 0 Å². The van der Waals surface area contributed by atoms with E-state index in [0.29, 0.717) is 22.6 Å². The first kappa shape index (κ1) is 17.9. The van der Waals surface area contributed by atoms with Crippen molar-refractivity contribution in [3.63, 3.8) is 0 Å². The Labute approximate surface area is 158 Å². The highest BCUT2D eigenvalue weighted by Crippen LogP contribution is 2.55. The number of benzene rings is 1. The van der Waals surface area contributed by atoms with E-state index in [9.17, 15) is 13.6 Å². The number of carbonyl (C=O) groups excluding carboxylic acids is 1. The molecule has 1 aliphatic carbocycles. The van der Waals surface area contributed by atoms with Gasteiger partial charge >= 0.3 is 5.92 Å². The zero-order valence-corrected chi connectivity index (χ0v) is 15.1. The average Bonchev–Trinajstić information content (AvgIpc) is 3.40. The van der Waals surface area contributed by atoms with E-state index >= 15 is 0 Å². The van der Waals surface area contributed by atoms with Gasteiger partial charge in [-0.15, -0.1) is 0 Å². The Balaban J connectivity index is 1.55. The standard InChI is InChI=1S/C18H17ClF2N4O2/c1-17(18(20,21)8-27-16(22)25-17)12-6-11(12)15(26)24-13-4-2-3-9-5-10(19)7-23-14(9)13/h2-5,7,11-12H,6,8H2,1H3,(H2,22,25)(H,24,26)/t11-,12-,17+/m0/s1. The van der Waals surface area contributed by atoms with Crippen LogP contribution < -0.4 is 11.1 Å². The second-order valence-electron chi connectivity index (χ2n) is 7.06. The summed E-state index contributed by atoms with van der Waals surface area (Å²) in [5.74, 6) is -4.75. The molecule has 2 aliphatic rings. The molecule has 27 heavy (non-hydrogen) atoms. The van der Waals surface area contributed by atoms with E-state index in [4.69, 9.17) is 17.3 Å². The third-order valence-electron chi connectivity index (χ3n) is 5.27. The molecule has 0 unspecified atom stereocenters. The fraction of sp³-hybridized carbons (Fsp3) is 0.389. The number of anilines is 1. The summed E-state index contributed by atoms with van der Waals surface area (Å²) in [5.41, 5.74) is 4.82. The van der Waals surface area contributed by atoms with Gasteiger partial charge in [-0.05, 0) is 25.5 Å². The van der Waals surface area contributed by atoms with Crippen molar-refractivity contribution < 1.29 is 18.3 Å². The Hall–Kier alpha value is -2.48. The molecule has 1 aromatic heterocycles. The van der Waals surface area contributed by atoms with Crippen molar-refractivity contribution in [2.75, 3.05) is 11.9 Å². The molecule has 3 N–H and O–H groups in total. The number of halogens is 3. The lowest BCUT2D eigenvalue weighted by molar-refractivity contribution is -0.127. The summed E-state index contributed by atoms with van der Waals surface area (Å²) in [5, 5.41) is 4.05. The summed E-state index contributed by atoms with van der Waals surface area (Å²) in [6, 6.07) is 6.76. The number of pyridine rings is 1. The van der Waals surface area contributed by atoms with Gasteiger partial charge in [0.1, 0.15) is 5.54 Å². The van der Waals surface area contributed by atoms with Crippen LogP contribution in [0.4, 0.5) is 14.5 Å². The number of nitrogens with two attached hydrogens (primary N) is 1. The molecular weight excluding hydrogens is 378 g/mol. The Kier molecular flexibility index (Phi) is 3.99. The van der Waals surface area contributed by atoms with Crippen molar-refractivity contribution in [2.45, 2.75) is 24.8 Å². The van der Waals surface area contributed by atoms with E-state index < -0.39 is 29.9 Å². The van der Waals surface area contributed by atoms with Crippen LogP contribution in [0, 0.1) is 11.8 Å². The van der Waals surface area contributed by atoms with Crippen LogP contribution in [0.25, 0.3) is 10.9 Å². The first-order valence-electron chi connectivity index (χ1n) is 8.42. The van der Waals surface area contributed by atoms with Crippen LogP contribution >= 0.6 is 11.6 Å². The molecule has 1 amide bonds. The number of amides is 1. The third-order valence-corrected chi connectivity index (χ3v) is 5.48. The van der Waals surface area contributed by atoms with Gasteiger partial charge in [-0.3, -0.25) is 9.78 Å². The minimum atomic E-state index is -3.20. The number of hydrogen-bond acceptors (Lipinski definition) is 5. The predicted octanol–water partition coefficient (Wildman–Crippen LogP) is 3.20. The number of fused-ring (bicyclic) bond motifs is 1. The maximum absolute atomic E-state index is 14.4. The summed E-state index contributed by atoms with van der Waals surface area (Å²) < 4.78 is 33.4. The molecule has 2 aromatic rings. The molecule has 2 heterocycles. The molecule has 0 radical (unpaired) electrons. The van der Waals surface area contributed by atoms with Crippen molar-refractivity contribution in [1.82, 2.24) is 4.98 Å². The SMILES string of the molecule is C[C@]1([C@H]2C[C@@H]2C(=O)Nc2cccc3cc(Cl)cnc23)N=C(N)OCC1(F)F.